The monoisotopic (exact) mass is 184 g/mol. The van der Waals surface area contributed by atoms with E-state index in [1.54, 1.807) is 11.8 Å². The molecule has 2 heterocycles. The van der Waals surface area contributed by atoms with Gasteiger partial charge in [-0.25, -0.2) is 4.98 Å². The Morgan fingerprint density at radius 2 is 2.58 bits per heavy atom. The Bertz CT molecular complexity index is 280. The lowest BCUT2D eigenvalue weighted by molar-refractivity contribution is 0.348. The first-order valence-corrected chi connectivity index (χ1v) is 4.92. The second kappa shape index (κ2) is 2.78. The van der Waals surface area contributed by atoms with Gasteiger partial charge in [-0.1, -0.05) is 11.8 Å². The zero-order chi connectivity index (χ0) is 8.60. The maximum absolute atomic E-state index is 5.28. The molecule has 1 atom stereocenters. The van der Waals surface area contributed by atoms with Gasteiger partial charge < -0.3 is 9.30 Å². The molecule has 0 aliphatic carbocycles. The standard InChI is InChI=1S/C8H12N2OS/c1-8(5-11-8)6-12-7-9-3-4-10(7)2/h3-4H,5-6H2,1-2H3. The molecule has 1 aromatic rings. The average Bonchev–Trinajstić information content (AvgIpc) is 2.61. The van der Waals surface area contributed by atoms with Gasteiger partial charge in [-0.2, -0.15) is 0 Å². The van der Waals surface area contributed by atoms with E-state index in [1.165, 1.54) is 0 Å². The van der Waals surface area contributed by atoms with Crippen LogP contribution in [0.15, 0.2) is 17.6 Å². The van der Waals surface area contributed by atoms with Gasteiger partial charge in [0.05, 0.1) is 12.2 Å². The number of rotatable bonds is 3. The summed E-state index contributed by atoms with van der Waals surface area (Å²) in [5.41, 5.74) is 0.122. The van der Waals surface area contributed by atoms with Crippen LogP contribution in [0.3, 0.4) is 0 Å². The first kappa shape index (κ1) is 8.13. The molecule has 3 nitrogen and oxygen atoms in total. The summed E-state index contributed by atoms with van der Waals surface area (Å²) >= 11 is 1.75. The van der Waals surface area contributed by atoms with Crippen LogP contribution in [0.2, 0.25) is 0 Å². The smallest absolute Gasteiger partial charge is 0.167 e. The van der Waals surface area contributed by atoms with Crippen molar-refractivity contribution in [3.8, 4) is 0 Å². The molecule has 0 bridgehead atoms. The number of hydrogen-bond acceptors (Lipinski definition) is 3. The van der Waals surface area contributed by atoms with Crippen LogP contribution in [0.1, 0.15) is 6.92 Å². The lowest BCUT2D eigenvalue weighted by Gasteiger charge is -2.03. The number of imidazole rings is 1. The Morgan fingerprint density at radius 3 is 3.08 bits per heavy atom. The predicted octanol–water partition coefficient (Wildman–Crippen LogP) is 1.30. The number of ether oxygens (including phenoxy) is 1. The summed E-state index contributed by atoms with van der Waals surface area (Å²) < 4.78 is 7.30. The topological polar surface area (TPSA) is 30.4 Å². The molecule has 1 unspecified atom stereocenters. The van der Waals surface area contributed by atoms with E-state index < -0.39 is 0 Å². The molecule has 0 amide bonds. The van der Waals surface area contributed by atoms with E-state index in [1.807, 2.05) is 24.0 Å². The molecule has 0 radical (unpaired) electrons. The maximum Gasteiger partial charge on any atom is 0.167 e. The van der Waals surface area contributed by atoms with Gasteiger partial charge in [-0.15, -0.1) is 0 Å². The molecule has 2 rings (SSSR count). The van der Waals surface area contributed by atoms with Crippen molar-refractivity contribution < 1.29 is 4.74 Å². The Balaban J connectivity index is 1.91. The highest BCUT2D eigenvalue weighted by Crippen LogP contribution is 2.32. The molecule has 1 aliphatic rings. The van der Waals surface area contributed by atoms with E-state index in [0.29, 0.717) is 0 Å². The van der Waals surface area contributed by atoms with Crippen molar-refractivity contribution in [2.24, 2.45) is 7.05 Å². The van der Waals surface area contributed by atoms with Crippen LogP contribution in [-0.2, 0) is 11.8 Å². The molecule has 1 saturated heterocycles. The van der Waals surface area contributed by atoms with Gasteiger partial charge >= 0.3 is 0 Å². The minimum Gasteiger partial charge on any atom is -0.369 e. The van der Waals surface area contributed by atoms with Crippen molar-refractivity contribution in [1.29, 1.82) is 0 Å². The lowest BCUT2D eigenvalue weighted by Crippen LogP contribution is -2.08. The minimum atomic E-state index is 0.122. The summed E-state index contributed by atoms with van der Waals surface area (Å²) in [6.07, 6.45) is 3.77. The summed E-state index contributed by atoms with van der Waals surface area (Å²) in [6.45, 7) is 3.02. The number of aromatic nitrogens is 2. The van der Waals surface area contributed by atoms with Crippen molar-refractivity contribution in [3.05, 3.63) is 12.4 Å². The van der Waals surface area contributed by atoms with E-state index >= 15 is 0 Å². The average molecular weight is 184 g/mol. The zero-order valence-electron chi connectivity index (χ0n) is 7.28. The number of hydrogen-bond donors (Lipinski definition) is 0. The van der Waals surface area contributed by atoms with Crippen LogP contribution in [0.5, 0.6) is 0 Å². The van der Waals surface area contributed by atoms with Gasteiger partial charge in [-0.05, 0) is 6.92 Å². The summed E-state index contributed by atoms with van der Waals surface area (Å²) in [4.78, 5) is 4.22. The second-order valence-electron chi connectivity index (χ2n) is 3.35. The third-order valence-electron chi connectivity index (χ3n) is 1.92. The lowest BCUT2D eigenvalue weighted by atomic mass is 10.3. The van der Waals surface area contributed by atoms with Gasteiger partial charge in [0, 0.05) is 25.2 Å². The van der Waals surface area contributed by atoms with Gasteiger partial charge in [-0.3, -0.25) is 0 Å². The van der Waals surface area contributed by atoms with Crippen LogP contribution in [0, 0.1) is 0 Å². The summed E-state index contributed by atoms with van der Waals surface area (Å²) in [6, 6.07) is 0. The number of aryl methyl sites for hydroxylation is 1. The number of epoxide rings is 1. The zero-order valence-corrected chi connectivity index (χ0v) is 8.10. The van der Waals surface area contributed by atoms with Gasteiger partial charge in [0.15, 0.2) is 5.16 Å². The molecule has 1 fully saturated rings. The molecule has 66 valence electrons. The Morgan fingerprint density at radius 1 is 1.83 bits per heavy atom. The van der Waals surface area contributed by atoms with Crippen LogP contribution in [0.4, 0.5) is 0 Å². The number of nitrogens with zero attached hydrogens (tertiary/aromatic N) is 2. The molecule has 0 N–H and O–H groups in total. The first-order valence-electron chi connectivity index (χ1n) is 3.94. The maximum atomic E-state index is 5.28. The molecule has 0 aromatic carbocycles. The van der Waals surface area contributed by atoms with E-state index in [4.69, 9.17) is 4.74 Å². The van der Waals surface area contributed by atoms with Crippen LogP contribution < -0.4 is 0 Å². The van der Waals surface area contributed by atoms with E-state index in [2.05, 4.69) is 11.9 Å². The van der Waals surface area contributed by atoms with Gasteiger partial charge in [0.2, 0.25) is 0 Å². The second-order valence-corrected chi connectivity index (χ2v) is 4.29. The van der Waals surface area contributed by atoms with Crippen LogP contribution >= 0.6 is 11.8 Å². The fourth-order valence-corrected chi connectivity index (χ4v) is 1.92. The van der Waals surface area contributed by atoms with E-state index in [9.17, 15) is 0 Å². The molecule has 1 aromatic heterocycles. The molecule has 12 heavy (non-hydrogen) atoms. The van der Waals surface area contributed by atoms with E-state index in [0.717, 1.165) is 17.5 Å². The Kier molecular flexibility index (Phi) is 1.88. The minimum absolute atomic E-state index is 0.122. The molecular formula is C8H12N2OS. The predicted molar refractivity (Wildman–Crippen MR) is 48.3 cm³/mol. The highest BCUT2D eigenvalue weighted by Gasteiger charge is 2.39. The number of thioether (sulfide) groups is 1. The third kappa shape index (κ3) is 1.64. The third-order valence-corrected chi connectivity index (χ3v) is 3.33. The van der Waals surface area contributed by atoms with Crippen molar-refractivity contribution in [2.45, 2.75) is 17.7 Å². The molecule has 0 saturated carbocycles. The molecule has 1 aliphatic heterocycles. The first-order chi connectivity index (χ1) is 5.70. The SMILES string of the molecule is Cn1ccnc1SCC1(C)CO1. The van der Waals surface area contributed by atoms with Crippen LogP contribution in [0.25, 0.3) is 0 Å². The summed E-state index contributed by atoms with van der Waals surface area (Å²) in [7, 11) is 2.01. The van der Waals surface area contributed by atoms with Crippen molar-refractivity contribution in [2.75, 3.05) is 12.4 Å². The normalized spacial score (nSPS) is 27.5. The molecule has 0 spiro atoms. The summed E-state index contributed by atoms with van der Waals surface area (Å²) in [5, 5.41) is 1.06. The fourth-order valence-electron chi connectivity index (χ4n) is 0.915. The van der Waals surface area contributed by atoms with Gasteiger partial charge in [0.1, 0.15) is 0 Å². The van der Waals surface area contributed by atoms with Crippen molar-refractivity contribution in [3.63, 3.8) is 0 Å². The molecular weight excluding hydrogens is 172 g/mol. The highest BCUT2D eigenvalue weighted by atomic mass is 32.2. The van der Waals surface area contributed by atoms with Crippen molar-refractivity contribution in [1.82, 2.24) is 9.55 Å². The largest absolute Gasteiger partial charge is 0.369 e. The highest BCUT2D eigenvalue weighted by molar-refractivity contribution is 7.99. The quantitative estimate of drug-likeness (QED) is 0.524. The van der Waals surface area contributed by atoms with E-state index in [-0.39, 0.29) is 5.60 Å². The van der Waals surface area contributed by atoms with Crippen LogP contribution in [-0.4, -0.2) is 27.5 Å². The Labute approximate surface area is 76.1 Å². The fraction of sp³-hybridized carbons (Fsp3) is 0.625. The molecule has 4 heteroatoms. The summed E-state index contributed by atoms with van der Waals surface area (Å²) in [5.74, 6) is 0.998. The van der Waals surface area contributed by atoms with Crippen molar-refractivity contribution >= 4 is 11.8 Å². The Hall–Kier alpha value is -0.480. The van der Waals surface area contributed by atoms with Gasteiger partial charge in [0.25, 0.3) is 0 Å².